The molecule has 1 saturated heterocycles. The molecule has 0 unspecified atom stereocenters. The van der Waals surface area contributed by atoms with E-state index in [2.05, 4.69) is 17.0 Å². The molecule has 1 aliphatic heterocycles. The number of piperazine rings is 1. The summed E-state index contributed by atoms with van der Waals surface area (Å²) in [4.78, 5) is 12.7. The number of halogens is 1. The zero-order valence-corrected chi connectivity index (χ0v) is 17.1. The first-order chi connectivity index (χ1) is 13.3. The summed E-state index contributed by atoms with van der Waals surface area (Å²) < 4.78 is 27.2. The van der Waals surface area contributed by atoms with Gasteiger partial charge in [0.25, 0.3) is 5.69 Å². The fourth-order valence-electron chi connectivity index (χ4n) is 3.25. The fourth-order valence-corrected chi connectivity index (χ4v) is 5.00. The Labute approximate surface area is 169 Å². The largest absolute Gasteiger partial charge is 0.300 e. The van der Waals surface area contributed by atoms with Crippen molar-refractivity contribution in [1.82, 2.24) is 9.21 Å². The summed E-state index contributed by atoms with van der Waals surface area (Å²) >= 11 is 6.04. The van der Waals surface area contributed by atoms with E-state index in [0.717, 1.165) is 19.0 Å². The smallest absolute Gasteiger partial charge is 0.275 e. The van der Waals surface area contributed by atoms with Crippen molar-refractivity contribution in [3.63, 3.8) is 0 Å². The molecule has 1 heterocycles. The number of hydrogen-bond donors (Lipinski definition) is 0. The summed E-state index contributed by atoms with van der Waals surface area (Å²) in [5, 5.41) is 11.3. The first kappa shape index (κ1) is 20.7. The van der Waals surface area contributed by atoms with E-state index < -0.39 is 14.9 Å². The highest BCUT2D eigenvalue weighted by Crippen LogP contribution is 2.31. The highest BCUT2D eigenvalue weighted by atomic mass is 35.5. The molecule has 0 aromatic heterocycles. The minimum atomic E-state index is -3.83. The predicted octanol–water partition coefficient (Wildman–Crippen LogP) is 3.11. The van der Waals surface area contributed by atoms with Crippen LogP contribution in [0.1, 0.15) is 11.1 Å². The van der Waals surface area contributed by atoms with Gasteiger partial charge in [-0.2, -0.15) is 4.31 Å². The van der Waals surface area contributed by atoms with Crippen molar-refractivity contribution in [3.05, 3.63) is 68.7 Å². The molecule has 0 aliphatic carbocycles. The van der Waals surface area contributed by atoms with Crippen molar-refractivity contribution in [2.45, 2.75) is 18.2 Å². The summed E-state index contributed by atoms with van der Waals surface area (Å²) in [7, 11) is -3.83. The van der Waals surface area contributed by atoms with Gasteiger partial charge in [-0.15, -0.1) is 0 Å². The van der Waals surface area contributed by atoms with Gasteiger partial charge < -0.3 is 4.90 Å². The molecule has 7 nitrogen and oxygen atoms in total. The Morgan fingerprint density at radius 3 is 2.36 bits per heavy atom. The van der Waals surface area contributed by atoms with E-state index in [0.29, 0.717) is 26.2 Å². The van der Waals surface area contributed by atoms with Crippen LogP contribution in [0.2, 0.25) is 5.02 Å². The molecule has 3 rings (SSSR count). The first-order valence-corrected chi connectivity index (χ1v) is 10.8. The average Bonchev–Trinajstić information content (AvgIpc) is 2.69. The molecule has 0 amide bonds. The second-order valence-corrected chi connectivity index (χ2v) is 9.13. The number of nitro groups is 1. The lowest BCUT2D eigenvalue weighted by Gasteiger charge is -2.34. The van der Waals surface area contributed by atoms with Crippen molar-refractivity contribution in [2.75, 3.05) is 32.7 Å². The zero-order chi connectivity index (χ0) is 20.3. The third kappa shape index (κ3) is 4.52. The van der Waals surface area contributed by atoms with E-state index in [1.807, 2.05) is 18.2 Å². The molecular formula is C19H22ClN3O4S. The minimum Gasteiger partial charge on any atom is -0.300 e. The summed E-state index contributed by atoms with van der Waals surface area (Å²) in [5.41, 5.74) is 1.23. The average molecular weight is 424 g/mol. The van der Waals surface area contributed by atoms with E-state index >= 15 is 0 Å². The fraction of sp³-hybridized carbons (Fsp3) is 0.368. The lowest BCUT2D eigenvalue weighted by Crippen LogP contribution is -2.49. The van der Waals surface area contributed by atoms with Gasteiger partial charge in [0.1, 0.15) is 0 Å². The van der Waals surface area contributed by atoms with Gasteiger partial charge in [0.15, 0.2) is 0 Å². The molecule has 2 aromatic rings. The van der Waals surface area contributed by atoms with E-state index in [-0.39, 0.29) is 21.2 Å². The van der Waals surface area contributed by atoms with E-state index in [9.17, 15) is 18.5 Å². The van der Waals surface area contributed by atoms with Gasteiger partial charge in [-0.1, -0.05) is 41.9 Å². The third-order valence-corrected chi connectivity index (χ3v) is 7.28. The topological polar surface area (TPSA) is 83.8 Å². The van der Waals surface area contributed by atoms with Crippen molar-refractivity contribution < 1.29 is 13.3 Å². The molecule has 0 saturated carbocycles. The molecule has 0 radical (unpaired) electrons. The Bertz CT molecular complexity index is 959. The van der Waals surface area contributed by atoms with Crippen LogP contribution in [0, 0.1) is 17.0 Å². The molecule has 0 spiro atoms. The monoisotopic (exact) mass is 423 g/mol. The first-order valence-electron chi connectivity index (χ1n) is 9.00. The number of sulfonamides is 1. The van der Waals surface area contributed by atoms with Crippen LogP contribution < -0.4 is 0 Å². The Morgan fingerprint density at radius 2 is 1.75 bits per heavy atom. The predicted molar refractivity (Wildman–Crippen MR) is 108 cm³/mol. The van der Waals surface area contributed by atoms with Crippen LogP contribution in [0.5, 0.6) is 0 Å². The Hall–Kier alpha value is -2.00. The summed E-state index contributed by atoms with van der Waals surface area (Å²) in [5.74, 6) is 0. The highest BCUT2D eigenvalue weighted by Gasteiger charge is 2.30. The Kier molecular flexibility index (Phi) is 6.34. The van der Waals surface area contributed by atoms with Crippen LogP contribution in [-0.4, -0.2) is 55.3 Å². The molecular weight excluding hydrogens is 402 g/mol. The quantitative estimate of drug-likeness (QED) is 0.526. The lowest BCUT2D eigenvalue weighted by atomic mass is 10.1. The number of rotatable bonds is 6. The van der Waals surface area contributed by atoms with Gasteiger partial charge >= 0.3 is 0 Å². The molecule has 9 heteroatoms. The number of nitro benzene ring substituents is 1. The van der Waals surface area contributed by atoms with Crippen LogP contribution in [0.15, 0.2) is 47.4 Å². The molecule has 1 aliphatic rings. The van der Waals surface area contributed by atoms with E-state index in [1.54, 1.807) is 0 Å². The Morgan fingerprint density at radius 1 is 1.11 bits per heavy atom. The second-order valence-electron chi connectivity index (χ2n) is 6.79. The lowest BCUT2D eigenvalue weighted by molar-refractivity contribution is -0.385. The molecule has 28 heavy (non-hydrogen) atoms. The van der Waals surface area contributed by atoms with Gasteiger partial charge in [0.05, 0.1) is 14.8 Å². The van der Waals surface area contributed by atoms with Gasteiger partial charge in [-0.05, 0) is 25.0 Å². The molecule has 0 bridgehead atoms. The molecule has 150 valence electrons. The van der Waals surface area contributed by atoms with Crippen LogP contribution in [0.4, 0.5) is 5.69 Å². The van der Waals surface area contributed by atoms with Gasteiger partial charge in [0.2, 0.25) is 10.0 Å². The zero-order valence-electron chi connectivity index (χ0n) is 15.5. The summed E-state index contributed by atoms with van der Waals surface area (Å²) in [6.45, 7) is 4.29. The molecule has 0 N–H and O–H groups in total. The van der Waals surface area contributed by atoms with Crippen LogP contribution in [0.25, 0.3) is 0 Å². The van der Waals surface area contributed by atoms with Crippen molar-refractivity contribution >= 4 is 27.3 Å². The summed E-state index contributed by atoms with van der Waals surface area (Å²) in [6, 6.07) is 12.5. The second kappa shape index (κ2) is 8.57. The molecule has 2 aromatic carbocycles. The van der Waals surface area contributed by atoms with Crippen molar-refractivity contribution in [2.24, 2.45) is 0 Å². The number of benzene rings is 2. The minimum absolute atomic E-state index is 0.0780. The van der Waals surface area contributed by atoms with Crippen LogP contribution in [0.3, 0.4) is 0 Å². The third-order valence-electron chi connectivity index (χ3n) is 5.02. The van der Waals surface area contributed by atoms with Crippen LogP contribution >= 0.6 is 11.6 Å². The summed E-state index contributed by atoms with van der Waals surface area (Å²) in [6.07, 6.45) is 0.910. The van der Waals surface area contributed by atoms with E-state index in [1.165, 1.54) is 22.9 Å². The maximum atomic E-state index is 12.9. The maximum absolute atomic E-state index is 12.9. The van der Waals surface area contributed by atoms with Crippen LogP contribution in [-0.2, 0) is 16.4 Å². The van der Waals surface area contributed by atoms with Crippen molar-refractivity contribution in [3.8, 4) is 0 Å². The number of hydrogen-bond acceptors (Lipinski definition) is 5. The molecule has 0 atom stereocenters. The SMILES string of the molecule is Cc1c(Cl)cc(S(=O)(=O)N2CCN(CCc3ccccc3)CC2)cc1[N+](=O)[O-]. The van der Waals surface area contributed by atoms with Crippen molar-refractivity contribution in [1.29, 1.82) is 0 Å². The highest BCUT2D eigenvalue weighted by molar-refractivity contribution is 7.89. The molecule has 1 fully saturated rings. The maximum Gasteiger partial charge on any atom is 0.275 e. The van der Waals surface area contributed by atoms with Gasteiger partial charge in [-0.25, -0.2) is 8.42 Å². The normalized spacial score (nSPS) is 16.2. The van der Waals surface area contributed by atoms with E-state index in [4.69, 9.17) is 11.6 Å². The Balaban J connectivity index is 1.67. The van der Waals surface area contributed by atoms with Gasteiger partial charge in [-0.3, -0.25) is 10.1 Å². The number of nitrogens with zero attached hydrogens (tertiary/aromatic N) is 3. The van der Waals surface area contributed by atoms with Gasteiger partial charge in [0, 0.05) is 44.4 Å². The standard InChI is InChI=1S/C19H22ClN3O4S/c1-15-18(20)13-17(14-19(15)23(24)25)28(26,27)22-11-9-21(10-12-22)8-7-16-5-3-2-4-6-16/h2-6,13-14H,7-12H2,1H3.